The molecule has 102 valence electrons. The van der Waals surface area contributed by atoms with Crippen LogP contribution in [0.25, 0.3) is 0 Å². The van der Waals surface area contributed by atoms with Crippen LogP contribution in [0, 0.1) is 26.6 Å². The first-order valence-electron chi connectivity index (χ1n) is 6.58. The summed E-state index contributed by atoms with van der Waals surface area (Å²) in [5.41, 5.74) is 2.93. The molecule has 0 amide bonds. The molecule has 1 aromatic carbocycles. The number of furan rings is 1. The molecule has 2 nitrogen and oxygen atoms in total. The second kappa shape index (κ2) is 5.57. The topological polar surface area (TPSA) is 25.2 Å². The fraction of sp³-hybridized carbons (Fsp3) is 0.375. The lowest BCUT2D eigenvalue weighted by Gasteiger charge is -2.18. The Labute approximate surface area is 113 Å². The van der Waals surface area contributed by atoms with E-state index < -0.39 is 0 Å². The van der Waals surface area contributed by atoms with Crippen molar-refractivity contribution in [3.05, 3.63) is 58.3 Å². The van der Waals surface area contributed by atoms with Gasteiger partial charge in [0.25, 0.3) is 0 Å². The number of halogens is 1. The highest BCUT2D eigenvalue weighted by Gasteiger charge is 2.19. The van der Waals surface area contributed by atoms with E-state index >= 15 is 0 Å². The van der Waals surface area contributed by atoms with E-state index in [2.05, 4.69) is 5.32 Å². The Morgan fingerprint density at radius 1 is 1.16 bits per heavy atom. The van der Waals surface area contributed by atoms with Crippen LogP contribution in [0.2, 0.25) is 0 Å². The summed E-state index contributed by atoms with van der Waals surface area (Å²) in [5, 5.41) is 3.40. The van der Waals surface area contributed by atoms with Crippen LogP contribution in [-0.2, 0) is 0 Å². The van der Waals surface area contributed by atoms with Crippen LogP contribution in [0.15, 0.2) is 28.7 Å². The molecule has 3 heteroatoms. The number of nitrogens with one attached hydrogen (secondary N) is 1. The minimum absolute atomic E-state index is 0.0307. The molecule has 0 spiro atoms. The van der Waals surface area contributed by atoms with Crippen molar-refractivity contribution in [2.75, 3.05) is 6.54 Å². The molecular weight excluding hydrogens is 241 g/mol. The lowest BCUT2D eigenvalue weighted by Crippen LogP contribution is -2.22. The van der Waals surface area contributed by atoms with Gasteiger partial charge >= 0.3 is 0 Å². The molecule has 1 heterocycles. The van der Waals surface area contributed by atoms with Crippen LogP contribution >= 0.6 is 0 Å². The molecule has 0 aliphatic rings. The maximum atomic E-state index is 13.6. The van der Waals surface area contributed by atoms with Crippen molar-refractivity contribution in [2.45, 2.75) is 33.7 Å². The standard InChI is InChI=1S/C16H20FNO/c1-5-18-16(15-8-11(3)19-12(15)4)13-6-10(2)7-14(17)9-13/h6-9,16,18H,5H2,1-4H3. The first kappa shape index (κ1) is 13.8. The van der Waals surface area contributed by atoms with E-state index in [1.165, 1.54) is 0 Å². The Bertz CT molecular complexity index is 554. The third kappa shape index (κ3) is 3.04. The molecule has 0 bridgehead atoms. The lowest BCUT2D eigenvalue weighted by molar-refractivity contribution is 0.494. The summed E-state index contributed by atoms with van der Waals surface area (Å²) in [6, 6.07) is 7.13. The van der Waals surface area contributed by atoms with Crippen molar-refractivity contribution in [3.8, 4) is 0 Å². The predicted octanol–water partition coefficient (Wildman–Crippen LogP) is 4.04. The van der Waals surface area contributed by atoms with Gasteiger partial charge in [-0.1, -0.05) is 13.0 Å². The largest absolute Gasteiger partial charge is 0.466 e. The Balaban J connectivity index is 2.47. The average Bonchev–Trinajstić information content (AvgIpc) is 2.64. The van der Waals surface area contributed by atoms with Crippen molar-refractivity contribution >= 4 is 0 Å². The summed E-state index contributed by atoms with van der Waals surface area (Å²) in [6.45, 7) is 8.63. The van der Waals surface area contributed by atoms with E-state index in [9.17, 15) is 4.39 Å². The molecule has 1 aromatic heterocycles. The number of aryl methyl sites for hydroxylation is 3. The molecule has 0 radical (unpaired) electrons. The van der Waals surface area contributed by atoms with E-state index in [4.69, 9.17) is 4.42 Å². The highest BCUT2D eigenvalue weighted by Crippen LogP contribution is 2.28. The van der Waals surface area contributed by atoms with Crippen LogP contribution in [0.5, 0.6) is 0 Å². The third-order valence-corrected chi connectivity index (χ3v) is 3.20. The van der Waals surface area contributed by atoms with Gasteiger partial charge in [-0.05, 0) is 56.6 Å². The quantitative estimate of drug-likeness (QED) is 0.898. The summed E-state index contributed by atoms with van der Waals surface area (Å²) >= 11 is 0. The van der Waals surface area contributed by atoms with Gasteiger partial charge in [-0.2, -0.15) is 0 Å². The summed E-state index contributed by atoms with van der Waals surface area (Å²) < 4.78 is 19.2. The fourth-order valence-corrected chi connectivity index (χ4v) is 2.48. The third-order valence-electron chi connectivity index (χ3n) is 3.20. The van der Waals surface area contributed by atoms with E-state index in [1.807, 2.05) is 39.8 Å². The van der Waals surface area contributed by atoms with Crippen LogP contribution in [0.3, 0.4) is 0 Å². The number of hydrogen-bond donors (Lipinski definition) is 1. The van der Waals surface area contributed by atoms with Gasteiger partial charge in [0.1, 0.15) is 17.3 Å². The van der Waals surface area contributed by atoms with Crippen LogP contribution in [-0.4, -0.2) is 6.54 Å². The van der Waals surface area contributed by atoms with Gasteiger partial charge in [0.05, 0.1) is 6.04 Å². The molecule has 19 heavy (non-hydrogen) atoms. The molecule has 1 unspecified atom stereocenters. The minimum atomic E-state index is -0.198. The Hall–Kier alpha value is -1.61. The predicted molar refractivity (Wildman–Crippen MR) is 74.8 cm³/mol. The normalized spacial score (nSPS) is 12.7. The molecule has 0 fully saturated rings. The fourth-order valence-electron chi connectivity index (χ4n) is 2.48. The Morgan fingerprint density at radius 2 is 1.89 bits per heavy atom. The zero-order valence-electron chi connectivity index (χ0n) is 11.9. The number of rotatable bonds is 4. The summed E-state index contributed by atoms with van der Waals surface area (Å²) in [7, 11) is 0. The van der Waals surface area contributed by atoms with Gasteiger partial charge in [0.2, 0.25) is 0 Å². The first-order chi connectivity index (χ1) is 9.01. The van der Waals surface area contributed by atoms with Crippen molar-refractivity contribution < 1.29 is 8.81 Å². The summed E-state index contributed by atoms with van der Waals surface area (Å²) in [6.07, 6.45) is 0. The highest BCUT2D eigenvalue weighted by atomic mass is 19.1. The number of hydrogen-bond acceptors (Lipinski definition) is 2. The SMILES string of the molecule is CCNC(c1cc(C)cc(F)c1)c1cc(C)oc1C. The molecule has 0 aliphatic heterocycles. The Morgan fingerprint density at radius 3 is 2.42 bits per heavy atom. The summed E-state index contributed by atoms with van der Waals surface area (Å²) in [4.78, 5) is 0. The molecular formula is C16H20FNO. The van der Waals surface area contributed by atoms with Crippen molar-refractivity contribution in [1.29, 1.82) is 0 Å². The van der Waals surface area contributed by atoms with E-state index in [0.717, 1.165) is 34.8 Å². The second-order valence-corrected chi connectivity index (χ2v) is 4.92. The molecule has 1 atom stereocenters. The van der Waals surface area contributed by atoms with Gasteiger partial charge in [0, 0.05) is 5.56 Å². The van der Waals surface area contributed by atoms with Crippen molar-refractivity contribution in [3.63, 3.8) is 0 Å². The van der Waals surface area contributed by atoms with Gasteiger partial charge in [-0.3, -0.25) is 0 Å². The lowest BCUT2D eigenvalue weighted by atomic mass is 9.97. The molecule has 0 saturated heterocycles. The van der Waals surface area contributed by atoms with Crippen molar-refractivity contribution in [1.82, 2.24) is 5.32 Å². The number of benzene rings is 1. The van der Waals surface area contributed by atoms with E-state index in [0.29, 0.717) is 0 Å². The van der Waals surface area contributed by atoms with Gasteiger partial charge in [-0.15, -0.1) is 0 Å². The van der Waals surface area contributed by atoms with Gasteiger partial charge in [0.15, 0.2) is 0 Å². The molecule has 2 rings (SSSR count). The zero-order valence-corrected chi connectivity index (χ0v) is 11.9. The minimum Gasteiger partial charge on any atom is -0.466 e. The zero-order chi connectivity index (χ0) is 14.0. The maximum absolute atomic E-state index is 13.6. The molecule has 2 aromatic rings. The van der Waals surface area contributed by atoms with Crippen molar-refractivity contribution in [2.24, 2.45) is 0 Å². The maximum Gasteiger partial charge on any atom is 0.123 e. The molecule has 0 saturated carbocycles. The Kier molecular flexibility index (Phi) is 4.05. The monoisotopic (exact) mass is 261 g/mol. The molecule has 1 N–H and O–H groups in total. The van der Waals surface area contributed by atoms with Crippen LogP contribution in [0.1, 0.15) is 41.2 Å². The van der Waals surface area contributed by atoms with Gasteiger partial charge in [-0.25, -0.2) is 4.39 Å². The van der Waals surface area contributed by atoms with E-state index in [1.54, 1.807) is 12.1 Å². The smallest absolute Gasteiger partial charge is 0.123 e. The summed E-state index contributed by atoms with van der Waals surface area (Å²) in [5.74, 6) is 1.56. The van der Waals surface area contributed by atoms with Crippen LogP contribution < -0.4 is 5.32 Å². The average molecular weight is 261 g/mol. The second-order valence-electron chi connectivity index (χ2n) is 4.92. The molecule has 0 aliphatic carbocycles. The van der Waals surface area contributed by atoms with Gasteiger partial charge < -0.3 is 9.73 Å². The van der Waals surface area contributed by atoms with Crippen LogP contribution in [0.4, 0.5) is 4.39 Å². The first-order valence-corrected chi connectivity index (χ1v) is 6.58. The highest BCUT2D eigenvalue weighted by molar-refractivity contribution is 5.36. The van der Waals surface area contributed by atoms with E-state index in [-0.39, 0.29) is 11.9 Å².